The van der Waals surface area contributed by atoms with Crippen LogP contribution in [0.1, 0.15) is 13.3 Å². The number of nitrogens with one attached hydrogen (secondary N) is 1. The highest BCUT2D eigenvalue weighted by molar-refractivity contribution is 5.27. The Balaban J connectivity index is 1.91. The number of rotatable bonds is 6. The van der Waals surface area contributed by atoms with E-state index in [1.54, 1.807) is 7.11 Å². The molecule has 0 radical (unpaired) electrons. The molecular weight excluding hydrogens is 218 g/mol. The van der Waals surface area contributed by atoms with Crippen molar-refractivity contribution >= 4 is 5.95 Å². The number of hydrogen-bond donors (Lipinski definition) is 1. The number of aromatic nitrogens is 2. The minimum atomic E-state index is 0.265. The van der Waals surface area contributed by atoms with Gasteiger partial charge in [0.1, 0.15) is 0 Å². The van der Waals surface area contributed by atoms with Crippen molar-refractivity contribution < 1.29 is 9.47 Å². The quantitative estimate of drug-likeness (QED) is 0.814. The van der Waals surface area contributed by atoms with E-state index in [-0.39, 0.29) is 6.04 Å². The molecule has 1 N–H and O–H groups in total. The van der Waals surface area contributed by atoms with E-state index < -0.39 is 0 Å². The molecular formula is C12H21N3O2. The molecule has 1 aliphatic rings. The minimum Gasteiger partial charge on any atom is -0.383 e. The van der Waals surface area contributed by atoms with Gasteiger partial charge in [-0.2, -0.15) is 0 Å². The Kier molecular flexibility index (Phi) is 4.39. The monoisotopic (exact) mass is 239 g/mol. The zero-order chi connectivity index (χ0) is 12.1. The van der Waals surface area contributed by atoms with Gasteiger partial charge in [0.2, 0.25) is 5.95 Å². The zero-order valence-electron chi connectivity index (χ0n) is 10.6. The van der Waals surface area contributed by atoms with Crippen LogP contribution >= 0.6 is 0 Å². The molecule has 2 heterocycles. The normalized spacial score (nSPS) is 21.6. The van der Waals surface area contributed by atoms with Gasteiger partial charge < -0.3 is 19.4 Å². The van der Waals surface area contributed by atoms with Crippen LogP contribution in [-0.2, 0) is 16.0 Å². The maximum absolute atomic E-state index is 5.39. The van der Waals surface area contributed by atoms with Crippen molar-refractivity contribution in [2.24, 2.45) is 5.92 Å². The molecule has 0 aromatic carbocycles. The van der Waals surface area contributed by atoms with E-state index in [0.717, 1.165) is 32.1 Å². The summed E-state index contributed by atoms with van der Waals surface area (Å²) in [6.07, 6.45) is 4.99. The van der Waals surface area contributed by atoms with Crippen molar-refractivity contribution in [3.05, 3.63) is 12.4 Å². The number of ether oxygens (including phenoxy) is 2. The molecule has 17 heavy (non-hydrogen) atoms. The molecule has 0 spiro atoms. The van der Waals surface area contributed by atoms with E-state index >= 15 is 0 Å². The lowest BCUT2D eigenvalue weighted by Gasteiger charge is -2.16. The third kappa shape index (κ3) is 3.44. The number of imidazole rings is 1. The predicted octanol–water partition coefficient (Wildman–Crippen LogP) is 1.37. The standard InChI is InChI=1S/C12H21N3O2/c1-10(8-16-2)14-12-13-4-5-15(12)7-11-3-6-17-9-11/h4-5,10-11H,3,6-9H2,1-2H3,(H,13,14). The Morgan fingerprint density at radius 2 is 2.59 bits per heavy atom. The van der Waals surface area contributed by atoms with Crippen molar-refractivity contribution in [2.75, 3.05) is 32.2 Å². The van der Waals surface area contributed by atoms with Gasteiger partial charge in [-0.05, 0) is 13.3 Å². The third-order valence-corrected chi connectivity index (χ3v) is 2.99. The van der Waals surface area contributed by atoms with Crippen LogP contribution in [0.25, 0.3) is 0 Å². The second kappa shape index (κ2) is 6.02. The number of nitrogens with zero attached hydrogens (tertiary/aromatic N) is 2. The lowest BCUT2D eigenvalue weighted by molar-refractivity contribution is 0.182. The molecule has 5 nitrogen and oxygen atoms in total. The van der Waals surface area contributed by atoms with Crippen molar-refractivity contribution in [2.45, 2.75) is 25.9 Å². The first-order valence-corrected chi connectivity index (χ1v) is 6.14. The number of hydrogen-bond acceptors (Lipinski definition) is 4. The van der Waals surface area contributed by atoms with Gasteiger partial charge >= 0.3 is 0 Å². The fourth-order valence-electron chi connectivity index (χ4n) is 2.11. The van der Waals surface area contributed by atoms with E-state index in [2.05, 4.69) is 21.8 Å². The van der Waals surface area contributed by atoms with Gasteiger partial charge in [0.05, 0.1) is 13.2 Å². The first-order valence-electron chi connectivity index (χ1n) is 6.14. The average Bonchev–Trinajstić information content (AvgIpc) is 2.92. The van der Waals surface area contributed by atoms with Gasteiger partial charge in [0.25, 0.3) is 0 Å². The molecule has 2 unspecified atom stereocenters. The summed E-state index contributed by atoms with van der Waals surface area (Å²) in [7, 11) is 1.71. The van der Waals surface area contributed by atoms with Gasteiger partial charge in [-0.15, -0.1) is 0 Å². The van der Waals surface area contributed by atoms with Crippen LogP contribution in [-0.4, -0.2) is 42.5 Å². The molecule has 0 saturated carbocycles. The van der Waals surface area contributed by atoms with Crippen LogP contribution in [0.15, 0.2) is 12.4 Å². The van der Waals surface area contributed by atoms with E-state index in [1.165, 1.54) is 0 Å². The predicted molar refractivity (Wildman–Crippen MR) is 66.1 cm³/mol. The summed E-state index contributed by atoms with van der Waals surface area (Å²) in [6, 6.07) is 0.265. The van der Waals surface area contributed by atoms with Crippen LogP contribution in [0.2, 0.25) is 0 Å². The first-order chi connectivity index (χ1) is 8.29. The van der Waals surface area contributed by atoms with Gasteiger partial charge in [-0.25, -0.2) is 4.98 Å². The summed E-state index contributed by atoms with van der Waals surface area (Å²) < 4.78 is 12.7. The van der Waals surface area contributed by atoms with Crippen LogP contribution in [0.4, 0.5) is 5.95 Å². The van der Waals surface area contributed by atoms with Gasteiger partial charge in [0.15, 0.2) is 0 Å². The van der Waals surface area contributed by atoms with E-state index in [0.29, 0.717) is 12.5 Å². The second-order valence-corrected chi connectivity index (χ2v) is 4.63. The smallest absolute Gasteiger partial charge is 0.203 e. The topological polar surface area (TPSA) is 48.3 Å². The summed E-state index contributed by atoms with van der Waals surface area (Å²) in [5.74, 6) is 1.53. The van der Waals surface area contributed by atoms with Gasteiger partial charge in [-0.3, -0.25) is 0 Å². The van der Waals surface area contributed by atoms with Crippen molar-refractivity contribution in [1.82, 2.24) is 9.55 Å². The summed E-state index contributed by atoms with van der Waals surface area (Å²) in [5.41, 5.74) is 0. The molecule has 1 aromatic heterocycles. The number of anilines is 1. The molecule has 0 amide bonds. The van der Waals surface area contributed by atoms with Crippen LogP contribution in [0.3, 0.4) is 0 Å². The molecule has 5 heteroatoms. The molecule has 1 aliphatic heterocycles. The summed E-state index contributed by atoms with van der Waals surface area (Å²) >= 11 is 0. The molecule has 0 aliphatic carbocycles. The van der Waals surface area contributed by atoms with Gasteiger partial charge in [-0.1, -0.05) is 0 Å². The summed E-state index contributed by atoms with van der Waals surface area (Å²) in [5, 5.41) is 3.35. The molecule has 1 fully saturated rings. The fraction of sp³-hybridized carbons (Fsp3) is 0.750. The number of methoxy groups -OCH3 is 1. The van der Waals surface area contributed by atoms with E-state index in [1.807, 2.05) is 12.4 Å². The Labute approximate surface area is 102 Å². The molecule has 1 saturated heterocycles. The average molecular weight is 239 g/mol. The lowest BCUT2D eigenvalue weighted by Crippen LogP contribution is -2.24. The van der Waals surface area contributed by atoms with Crippen molar-refractivity contribution in [3.63, 3.8) is 0 Å². The molecule has 96 valence electrons. The fourth-order valence-corrected chi connectivity index (χ4v) is 2.11. The van der Waals surface area contributed by atoms with Crippen LogP contribution < -0.4 is 5.32 Å². The van der Waals surface area contributed by atoms with Crippen molar-refractivity contribution in [3.8, 4) is 0 Å². The van der Waals surface area contributed by atoms with Crippen LogP contribution in [0.5, 0.6) is 0 Å². The largest absolute Gasteiger partial charge is 0.383 e. The third-order valence-electron chi connectivity index (χ3n) is 2.99. The highest BCUT2D eigenvalue weighted by Crippen LogP contribution is 2.17. The van der Waals surface area contributed by atoms with Crippen LogP contribution in [0, 0.1) is 5.92 Å². The Morgan fingerprint density at radius 1 is 1.71 bits per heavy atom. The summed E-state index contributed by atoms with van der Waals surface area (Å²) in [6.45, 7) is 5.50. The highest BCUT2D eigenvalue weighted by Gasteiger charge is 2.17. The van der Waals surface area contributed by atoms with Gasteiger partial charge in [0, 0.05) is 44.6 Å². The van der Waals surface area contributed by atoms with E-state index in [9.17, 15) is 0 Å². The summed E-state index contributed by atoms with van der Waals surface area (Å²) in [4.78, 5) is 4.34. The lowest BCUT2D eigenvalue weighted by atomic mass is 10.1. The Bertz CT molecular complexity index is 334. The second-order valence-electron chi connectivity index (χ2n) is 4.63. The SMILES string of the molecule is COCC(C)Nc1nccn1CC1CCOC1. The van der Waals surface area contributed by atoms with Crippen molar-refractivity contribution in [1.29, 1.82) is 0 Å². The molecule has 0 bridgehead atoms. The molecule has 2 rings (SSSR count). The maximum Gasteiger partial charge on any atom is 0.203 e. The Hall–Kier alpha value is -1.07. The molecule has 2 atom stereocenters. The highest BCUT2D eigenvalue weighted by atomic mass is 16.5. The first kappa shape index (κ1) is 12.4. The zero-order valence-corrected chi connectivity index (χ0v) is 10.6. The minimum absolute atomic E-state index is 0.265. The maximum atomic E-state index is 5.39. The Morgan fingerprint density at radius 3 is 3.29 bits per heavy atom. The molecule has 1 aromatic rings. The van der Waals surface area contributed by atoms with E-state index in [4.69, 9.17) is 9.47 Å².